The fourth-order valence-electron chi connectivity index (χ4n) is 6.39. The van der Waals surface area contributed by atoms with Gasteiger partial charge in [-0.2, -0.15) is 0 Å². The molecule has 3 aliphatic rings. The van der Waals surface area contributed by atoms with Gasteiger partial charge in [-0.15, -0.1) is 6.58 Å². The molecular formula is C25H37NO. The van der Waals surface area contributed by atoms with E-state index in [2.05, 4.69) is 49.2 Å². The zero-order chi connectivity index (χ0) is 18.9. The Kier molecular flexibility index (Phi) is 5.64. The van der Waals surface area contributed by atoms with Gasteiger partial charge in [-0.25, -0.2) is 0 Å². The predicted octanol–water partition coefficient (Wildman–Crippen LogP) is 5.94. The molecule has 1 heterocycles. The lowest BCUT2D eigenvalue weighted by Gasteiger charge is -2.58. The SMILES string of the molecule is C=CCC1CC(c2cccc(OC)c2)C2CC1(CC1CCC1)NCC2CC. The average molecular weight is 368 g/mol. The van der Waals surface area contributed by atoms with Gasteiger partial charge in [-0.3, -0.25) is 0 Å². The van der Waals surface area contributed by atoms with E-state index in [4.69, 9.17) is 4.74 Å². The van der Waals surface area contributed by atoms with Crippen molar-refractivity contribution < 1.29 is 4.74 Å². The molecule has 0 aromatic heterocycles. The molecule has 2 nitrogen and oxygen atoms in total. The second-order valence-corrected chi connectivity index (χ2v) is 9.41. The van der Waals surface area contributed by atoms with Crippen molar-refractivity contribution in [1.82, 2.24) is 5.32 Å². The van der Waals surface area contributed by atoms with E-state index < -0.39 is 0 Å². The van der Waals surface area contributed by atoms with Crippen molar-refractivity contribution in [2.45, 2.75) is 69.7 Å². The molecule has 0 spiro atoms. The summed E-state index contributed by atoms with van der Waals surface area (Å²) < 4.78 is 5.54. The van der Waals surface area contributed by atoms with E-state index in [1.165, 1.54) is 57.1 Å². The third kappa shape index (κ3) is 3.58. The van der Waals surface area contributed by atoms with Crippen LogP contribution >= 0.6 is 0 Å². The van der Waals surface area contributed by atoms with Crippen LogP contribution in [0.3, 0.4) is 0 Å². The highest BCUT2D eigenvalue weighted by atomic mass is 16.5. The highest BCUT2D eigenvalue weighted by molar-refractivity contribution is 5.33. The van der Waals surface area contributed by atoms with Gasteiger partial charge in [0, 0.05) is 5.54 Å². The minimum absolute atomic E-state index is 0.352. The van der Waals surface area contributed by atoms with Crippen LogP contribution in [0.25, 0.3) is 0 Å². The van der Waals surface area contributed by atoms with Crippen LogP contribution in [0.2, 0.25) is 0 Å². The largest absolute Gasteiger partial charge is 0.497 e. The van der Waals surface area contributed by atoms with Crippen molar-refractivity contribution in [2.24, 2.45) is 23.7 Å². The third-order valence-corrected chi connectivity index (χ3v) is 8.13. The van der Waals surface area contributed by atoms with Gasteiger partial charge >= 0.3 is 0 Å². The van der Waals surface area contributed by atoms with Gasteiger partial charge in [0.15, 0.2) is 0 Å². The van der Waals surface area contributed by atoms with E-state index in [-0.39, 0.29) is 0 Å². The molecule has 2 bridgehead atoms. The van der Waals surface area contributed by atoms with Gasteiger partial charge in [0.25, 0.3) is 0 Å². The average Bonchev–Trinajstić information content (AvgIpc) is 2.67. The number of nitrogens with one attached hydrogen (secondary N) is 1. The Balaban J connectivity index is 1.66. The lowest BCUT2D eigenvalue weighted by Crippen LogP contribution is -2.63. The van der Waals surface area contributed by atoms with Crippen LogP contribution < -0.4 is 10.1 Å². The topological polar surface area (TPSA) is 21.3 Å². The van der Waals surface area contributed by atoms with Crippen molar-refractivity contribution in [1.29, 1.82) is 0 Å². The molecule has 148 valence electrons. The molecule has 5 atom stereocenters. The molecule has 1 saturated heterocycles. The van der Waals surface area contributed by atoms with Crippen LogP contribution in [0.15, 0.2) is 36.9 Å². The molecule has 5 unspecified atom stereocenters. The van der Waals surface area contributed by atoms with Crippen molar-refractivity contribution >= 4 is 0 Å². The normalized spacial score (nSPS) is 36.1. The summed E-state index contributed by atoms with van der Waals surface area (Å²) in [4.78, 5) is 0. The summed E-state index contributed by atoms with van der Waals surface area (Å²) in [5.74, 6) is 4.91. The number of piperidine rings is 1. The highest BCUT2D eigenvalue weighted by Crippen LogP contribution is 2.55. The molecule has 1 aromatic rings. The van der Waals surface area contributed by atoms with E-state index >= 15 is 0 Å². The molecule has 0 radical (unpaired) electrons. The van der Waals surface area contributed by atoms with Gasteiger partial charge in [0.05, 0.1) is 7.11 Å². The monoisotopic (exact) mass is 367 g/mol. The van der Waals surface area contributed by atoms with Crippen molar-refractivity contribution in [3.8, 4) is 5.75 Å². The maximum absolute atomic E-state index is 5.54. The molecule has 27 heavy (non-hydrogen) atoms. The molecule has 3 fully saturated rings. The summed E-state index contributed by atoms with van der Waals surface area (Å²) >= 11 is 0. The number of benzene rings is 1. The van der Waals surface area contributed by atoms with Crippen LogP contribution in [-0.4, -0.2) is 19.2 Å². The Morgan fingerprint density at radius 2 is 2.19 bits per heavy atom. The Bertz CT molecular complexity index is 651. The summed E-state index contributed by atoms with van der Waals surface area (Å²) in [6, 6.07) is 8.89. The molecule has 2 aliphatic carbocycles. The van der Waals surface area contributed by atoms with E-state index in [0.717, 1.165) is 29.9 Å². The molecular weight excluding hydrogens is 330 g/mol. The lowest BCUT2D eigenvalue weighted by molar-refractivity contribution is -0.0103. The predicted molar refractivity (Wildman–Crippen MR) is 113 cm³/mol. The van der Waals surface area contributed by atoms with Crippen molar-refractivity contribution in [3.63, 3.8) is 0 Å². The first-order valence-electron chi connectivity index (χ1n) is 11.2. The molecule has 2 saturated carbocycles. The van der Waals surface area contributed by atoms with E-state index in [9.17, 15) is 0 Å². The summed E-state index contributed by atoms with van der Waals surface area (Å²) in [7, 11) is 1.78. The number of rotatable bonds is 7. The van der Waals surface area contributed by atoms with Gasteiger partial charge < -0.3 is 10.1 Å². The van der Waals surface area contributed by atoms with Gasteiger partial charge in [-0.05, 0) is 79.5 Å². The summed E-state index contributed by atoms with van der Waals surface area (Å²) in [6.45, 7) is 7.69. The minimum Gasteiger partial charge on any atom is -0.497 e. The van der Waals surface area contributed by atoms with E-state index in [1.54, 1.807) is 7.11 Å². The third-order valence-electron chi connectivity index (χ3n) is 8.13. The molecule has 1 N–H and O–H groups in total. The summed E-state index contributed by atoms with van der Waals surface area (Å²) in [6.07, 6.45) is 13.0. The number of methoxy groups -OCH3 is 1. The van der Waals surface area contributed by atoms with Crippen LogP contribution in [-0.2, 0) is 0 Å². The highest BCUT2D eigenvalue weighted by Gasteiger charge is 2.52. The van der Waals surface area contributed by atoms with E-state index in [1.807, 2.05) is 0 Å². The summed E-state index contributed by atoms with van der Waals surface area (Å²) in [5, 5.41) is 4.12. The maximum atomic E-state index is 5.54. The number of hydrogen-bond acceptors (Lipinski definition) is 2. The Labute approximate surface area is 165 Å². The second-order valence-electron chi connectivity index (χ2n) is 9.41. The number of allylic oxidation sites excluding steroid dienone is 1. The number of fused-ring (bicyclic) bond motifs is 2. The Morgan fingerprint density at radius 3 is 2.85 bits per heavy atom. The van der Waals surface area contributed by atoms with Crippen molar-refractivity contribution in [2.75, 3.05) is 13.7 Å². The van der Waals surface area contributed by atoms with Crippen molar-refractivity contribution in [3.05, 3.63) is 42.5 Å². The zero-order valence-corrected chi connectivity index (χ0v) is 17.3. The minimum atomic E-state index is 0.352. The second kappa shape index (κ2) is 7.99. The van der Waals surface area contributed by atoms with Gasteiger partial charge in [-0.1, -0.05) is 50.8 Å². The standard InChI is InChI=1S/C25H37NO/c1-4-8-21-14-23(20-11-7-12-22(13-20)27-3)24-16-25(21,15-18-9-6-10-18)26-17-19(24)5-2/h4,7,11-13,18-19,21,23-24,26H,1,5-6,8-10,14-17H2,2-3H3. The number of hydrogen-bond donors (Lipinski definition) is 1. The number of ether oxygens (including phenoxy) is 1. The fraction of sp³-hybridized carbons (Fsp3) is 0.680. The zero-order valence-electron chi connectivity index (χ0n) is 17.3. The maximum Gasteiger partial charge on any atom is 0.119 e. The fourth-order valence-corrected chi connectivity index (χ4v) is 6.39. The Morgan fingerprint density at radius 1 is 1.33 bits per heavy atom. The molecule has 1 aliphatic heterocycles. The Hall–Kier alpha value is -1.28. The van der Waals surface area contributed by atoms with Gasteiger partial charge in [0.2, 0.25) is 0 Å². The van der Waals surface area contributed by atoms with Crippen LogP contribution in [0.5, 0.6) is 5.75 Å². The van der Waals surface area contributed by atoms with Gasteiger partial charge in [0.1, 0.15) is 5.75 Å². The van der Waals surface area contributed by atoms with Crippen LogP contribution in [0.4, 0.5) is 0 Å². The molecule has 1 aromatic carbocycles. The van der Waals surface area contributed by atoms with Crippen LogP contribution in [0, 0.1) is 23.7 Å². The summed E-state index contributed by atoms with van der Waals surface area (Å²) in [5.41, 5.74) is 1.84. The van der Waals surface area contributed by atoms with Crippen LogP contribution in [0.1, 0.15) is 69.8 Å². The smallest absolute Gasteiger partial charge is 0.119 e. The molecule has 2 heteroatoms. The first kappa shape index (κ1) is 19.1. The first-order chi connectivity index (χ1) is 13.2. The molecule has 4 rings (SSSR count). The first-order valence-corrected chi connectivity index (χ1v) is 11.2. The quantitative estimate of drug-likeness (QED) is 0.602. The van der Waals surface area contributed by atoms with E-state index in [0.29, 0.717) is 17.4 Å². The lowest BCUT2D eigenvalue weighted by atomic mass is 9.53. The molecule has 0 amide bonds.